The van der Waals surface area contributed by atoms with E-state index < -0.39 is 131 Å². The third kappa shape index (κ3) is 31.7. The molecule has 0 bridgehead atoms. The van der Waals surface area contributed by atoms with Crippen LogP contribution in [0.2, 0.25) is 0 Å². The Morgan fingerprint density at radius 1 is 0.475 bits per heavy atom. The number of aliphatic hydroxyl groups is 1. The van der Waals surface area contributed by atoms with Gasteiger partial charge in [0.2, 0.25) is 35.4 Å². The lowest BCUT2D eigenvalue weighted by molar-refractivity contribution is -0.137. The summed E-state index contributed by atoms with van der Waals surface area (Å²) in [4.78, 5) is 140. The second-order valence-electron chi connectivity index (χ2n) is 23.5. The highest BCUT2D eigenvalue weighted by Gasteiger charge is 2.37. The van der Waals surface area contributed by atoms with Gasteiger partial charge in [-0.1, -0.05) is 160 Å². The highest BCUT2D eigenvalue weighted by atomic mass is 16.3. The molecule has 0 rings (SSSR count). The molecule has 20 heteroatoms. The number of aliphatic hydroxyl groups excluding tert-OH is 1. The summed E-state index contributed by atoms with van der Waals surface area (Å²) < 4.78 is 0. The Labute approximate surface area is 479 Å². The van der Waals surface area contributed by atoms with Gasteiger partial charge in [0.15, 0.2) is 29.1 Å². The molecule has 0 aliphatic carbocycles. The number of carbonyl (C=O) groups is 10. The van der Waals surface area contributed by atoms with E-state index in [0.717, 1.165) is 25.7 Å². The number of guanidine groups is 1. The number of nitrogens with zero attached hydrogens (tertiary/aromatic N) is 1. The molecular formula is C60H109N9O11. The zero-order chi connectivity index (χ0) is 61.1. The summed E-state index contributed by atoms with van der Waals surface area (Å²) in [6.45, 7) is 21.2. The molecule has 10 atom stereocenters. The van der Waals surface area contributed by atoms with Crippen molar-refractivity contribution in [2.45, 2.75) is 267 Å². The van der Waals surface area contributed by atoms with E-state index in [0.29, 0.717) is 12.8 Å². The van der Waals surface area contributed by atoms with E-state index in [1.807, 2.05) is 20.8 Å². The van der Waals surface area contributed by atoms with E-state index in [4.69, 9.17) is 17.2 Å². The van der Waals surface area contributed by atoms with Crippen LogP contribution in [-0.2, 0) is 47.9 Å². The van der Waals surface area contributed by atoms with Crippen LogP contribution in [0.5, 0.6) is 0 Å². The Morgan fingerprint density at radius 3 is 1.40 bits per heavy atom. The highest BCUT2D eigenvalue weighted by Crippen LogP contribution is 2.24. The fourth-order valence-electron chi connectivity index (χ4n) is 9.61. The number of nitrogens with two attached hydrogens (primary N) is 3. The van der Waals surface area contributed by atoms with Crippen LogP contribution in [0.1, 0.15) is 231 Å². The van der Waals surface area contributed by atoms with Gasteiger partial charge in [-0.2, -0.15) is 0 Å². The number of carbonyl (C=O) groups excluding carboxylic acids is 10. The molecule has 460 valence electrons. The van der Waals surface area contributed by atoms with E-state index in [1.165, 1.54) is 65.2 Å². The lowest BCUT2D eigenvalue weighted by Crippen LogP contribution is -2.55. The van der Waals surface area contributed by atoms with Gasteiger partial charge in [-0.3, -0.25) is 52.9 Å². The quantitative estimate of drug-likeness (QED) is 0.0183. The van der Waals surface area contributed by atoms with Crippen LogP contribution in [0.25, 0.3) is 0 Å². The molecule has 0 aromatic carbocycles. The molecule has 0 spiro atoms. The Balaban J connectivity index is 6.24. The van der Waals surface area contributed by atoms with Crippen LogP contribution in [0, 0.1) is 41.4 Å². The van der Waals surface area contributed by atoms with Gasteiger partial charge in [0.25, 0.3) is 0 Å². The predicted octanol–water partition coefficient (Wildman–Crippen LogP) is 6.33. The van der Waals surface area contributed by atoms with Crippen molar-refractivity contribution in [3.8, 4) is 0 Å². The van der Waals surface area contributed by atoms with E-state index in [-0.39, 0.29) is 75.6 Å². The largest absolute Gasteiger partial charge is 0.391 e. The van der Waals surface area contributed by atoms with Crippen LogP contribution < -0.4 is 43.8 Å². The van der Waals surface area contributed by atoms with E-state index in [9.17, 15) is 53.1 Å². The second-order valence-corrected chi connectivity index (χ2v) is 23.5. The standard InChI is InChI=1S/C60H109N9O11/c1-13-16-17-18-19-20-21-22-23-24-25-26-27-30-53(76)65-47(36-52(61)75)59(80)68-54(40(10)14-2)51(74)35-44(39(8)9)57(78)66-45(29-28-31-64-60(62)63)50(73)34-43(38(6)7)58(79)67-46(32-37(4)5)49(72)33-41(11)56(77)69-55(42(12)70)48(71)15-3/h37-47,54-55,70H,13-36H2,1-12H3,(H2,61,75)(H,65,76)(H,66,78)(H,67,79)(H,68,80)(H,69,77)(H4,62,63,64)/t40-,41+,42?,43-,44-,45-,46-,47-,54-,55-/m0/s1. The molecule has 0 aliphatic rings. The number of aliphatic imine (C=N–C) groups is 1. The first kappa shape index (κ1) is 74.7. The van der Waals surface area contributed by atoms with Gasteiger partial charge < -0.3 is 48.9 Å². The monoisotopic (exact) mass is 1130 g/mol. The predicted molar refractivity (Wildman–Crippen MR) is 314 cm³/mol. The third-order valence-corrected chi connectivity index (χ3v) is 15.0. The summed E-state index contributed by atoms with van der Waals surface area (Å²) in [6.07, 6.45) is 13.5. The molecular weight excluding hydrogens is 1020 g/mol. The number of rotatable bonds is 47. The van der Waals surface area contributed by atoms with Crippen LogP contribution in [0.4, 0.5) is 0 Å². The first-order valence-electron chi connectivity index (χ1n) is 30.2. The Kier molecular flexibility index (Phi) is 38.9. The molecule has 1 unspecified atom stereocenters. The van der Waals surface area contributed by atoms with Crippen LogP contribution in [0.15, 0.2) is 4.99 Å². The lowest BCUT2D eigenvalue weighted by atomic mass is 9.83. The third-order valence-electron chi connectivity index (χ3n) is 15.0. The van der Waals surface area contributed by atoms with Crippen molar-refractivity contribution in [3.63, 3.8) is 0 Å². The Bertz CT molecular complexity index is 1950. The highest BCUT2D eigenvalue weighted by molar-refractivity contribution is 5.99. The zero-order valence-corrected chi connectivity index (χ0v) is 51.2. The number of nitrogens with one attached hydrogen (secondary N) is 5. The summed E-state index contributed by atoms with van der Waals surface area (Å²) in [6, 6.07) is -5.74. The van der Waals surface area contributed by atoms with Crippen molar-refractivity contribution in [3.05, 3.63) is 0 Å². The fraction of sp³-hybridized carbons (Fsp3) is 0.817. The molecule has 0 radical (unpaired) electrons. The summed E-state index contributed by atoms with van der Waals surface area (Å²) >= 11 is 0. The first-order chi connectivity index (χ1) is 37.6. The minimum Gasteiger partial charge on any atom is -0.391 e. The molecule has 0 saturated heterocycles. The number of unbranched alkanes of at least 4 members (excludes halogenated alkanes) is 12. The fourth-order valence-corrected chi connectivity index (χ4v) is 9.61. The van der Waals surface area contributed by atoms with Gasteiger partial charge in [-0.25, -0.2) is 0 Å². The topological polar surface area (TPSA) is 341 Å². The Morgan fingerprint density at radius 2 is 0.950 bits per heavy atom. The average Bonchev–Trinajstić information content (AvgIpc) is 3.38. The van der Waals surface area contributed by atoms with Crippen molar-refractivity contribution in [2.75, 3.05) is 6.54 Å². The summed E-state index contributed by atoms with van der Waals surface area (Å²) in [7, 11) is 0. The molecule has 0 aliphatic heterocycles. The summed E-state index contributed by atoms with van der Waals surface area (Å²) in [5, 5.41) is 23.8. The maximum Gasteiger partial charge on any atom is 0.243 e. The van der Waals surface area contributed by atoms with E-state index in [1.54, 1.807) is 41.5 Å². The van der Waals surface area contributed by atoms with Crippen LogP contribution in [0.3, 0.4) is 0 Å². The van der Waals surface area contributed by atoms with Crippen molar-refractivity contribution < 1.29 is 53.1 Å². The van der Waals surface area contributed by atoms with Crippen molar-refractivity contribution >= 4 is 64.5 Å². The summed E-state index contributed by atoms with van der Waals surface area (Å²) in [5.74, 6) is -9.89. The molecule has 0 heterocycles. The van der Waals surface area contributed by atoms with E-state index in [2.05, 4.69) is 38.5 Å². The van der Waals surface area contributed by atoms with Gasteiger partial charge in [-0.05, 0) is 56.3 Å². The van der Waals surface area contributed by atoms with E-state index >= 15 is 0 Å². The molecule has 12 N–H and O–H groups in total. The van der Waals surface area contributed by atoms with Gasteiger partial charge in [0.1, 0.15) is 12.1 Å². The number of amides is 6. The number of primary amides is 1. The van der Waals surface area contributed by atoms with Crippen LogP contribution >= 0.6 is 0 Å². The molecule has 6 amide bonds. The van der Waals surface area contributed by atoms with Crippen molar-refractivity contribution in [1.82, 2.24) is 26.6 Å². The average molecular weight is 1130 g/mol. The lowest BCUT2D eigenvalue weighted by Gasteiger charge is -2.29. The molecule has 0 aromatic rings. The first-order valence-corrected chi connectivity index (χ1v) is 30.2. The SMILES string of the molecule is CCCCCCCCCCCCCCCC(=O)N[C@@H](CC(N)=O)C(=O)N[C@H](C(=O)C[C@H](C(=O)N[C@@H](CCCN=C(N)N)C(=O)C[C@H](C(=O)N[C@@H](CC(C)C)C(=O)C[C@@H](C)C(=O)N[C@H](C(=O)CC)C(C)O)C(C)C)C(C)C)[C@@H](C)CC. The van der Waals surface area contributed by atoms with Crippen LogP contribution in [-0.4, -0.2) is 113 Å². The zero-order valence-electron chi connectivity index (χ0n) is 51.2. The number of Topliss-reactive ketones (excluding diaryl/α,β-unsaturated/α-hetero) is 4. The van der Waals surface area contributed by atoms with Gasteiger partial charge in [0, 0.05) is 56.4 Å². The minimum atomic E-state index is -1.33. The molecule has 0 fully saturated rings. The molecule has 0 saturated carbocycles. The normalized spacial score (nSPS) is 15.2. The van der Waals surface area contributed by atoms with Crippen molar-refractivity contribution in [2.24, 2.45) is 63.6 Å². The maximum absolute atomic E-state index is 14.4. The minimum absolute atomic E-state index is 0.0633. The van der Waals surface area contributed by atoms with Gasteiger partial charge in [0.05, 0.1) is 30.7 Å². The van der Waals surface area contributed by atoms with Crippen molar-refractivity contribution in [1.29, 1.82) is 0 Å². The van der Waals surface area contributed by atoms with Gasteiger partial charge >= 0.3 is 0 Å². The maximum atomic E-state index is 14.4. The molecule has 0 aromatic heterocycles. The molecule has 20 nitrogen and oxygen atoms in total. The Hall–Kier alpha value is -5.27. The molecule has 80 heavy (non-hydrogen) atoms. The smallest absolute Gasteiger partial charge is 0.243 e. The number of hydrogen-bond acceptors (Lipinski definition) is 12. The number of ketones is 4. The number of hydrogen-bond donors (Lipinski definition) is 9. The second kappa shape index (κ2) is 41.7. The summed E-state index contributed by atoms with van der Waals surface area (Å²) in [5.41, 5.74) is 16.7. The van der Waals surface area contributed by atoms with Gasteiger partial charge in [-0.15, -0.1) is 0 Å².